The van der Waals surface area contributed by atoms with E-state index in [1.165, 1.54) is 25.2 Å². The van der Waals surface area contributed by atoms with Crippen molar-refractivity contribution in [2.45, 2.75) is 38.8 Å². The lowest BCUT2D eigenvalue weighted by Crippen LogP contribution is -2.43. The molecule has 0 aromatic heterocycles. The van der Waals surface area contributed by atoms with E-state index in [0.717, 1.165) is 0 Å². The van der Waals surface area contributed by atoms with Gasteiger partial charge in [0.2, 0.25) is 5.91 Å². The van der Waals surface area contributed by atoms with Gasteiger partial charge in [-0.1, -0.05) is 0 Å². The quantitative estimate of drug-likeness (QED) is 0.645. The number of likely N-dealkylation sites (tertiary alicyclic amines) is 1. The fourth-order valence-corrected chi connectivity index (χ4v) is 2.76. The van der Waals surface area contributed by atoms with Gasteiger partial charge in [0.05, 0.1) is 11.0 Å². The molecule has 1 aromatic carbocycles. The summed E-state index contributed by atoms with van der Waals surface area (Å²) in [6, 6.07) is 4.06. The monoisotopic (exact) mass is 334 g/mol. The number of nitrogens with zero attached hydrogens (tertiary/aromatic N) is 2. The number of carbonyl (C=O) groups excluding carboxylic acids is 2. The molecule has 0 spiro atoms. The molecule has 2 amide bonds. The molecule has 0 saturated carbocycles. The van der Waals surface area contributed by atoms with Gasteiger partial charge in [0.15, 0.2) is 0 Å². The molecule has 1 aliphatic heterocycles. The molecule has 1 aromatic rings. The van der Waals surface area contributed by atoms with Crippen molar-refractivity contribution in [3.63, 3.8) is 0 Å². The van der Waals surface area contributed by atoms with Crippen LogP contribution in [0.3, 0.4) is 0 Å². The summed E-state index contributed by atoms with van der Waals surface area (Å²) in [7, 11) is 1.46. The molecule has 1 unspecified atom stereocenters. The highest BCUT2D eigenvalue weighted by molar-refractivity contribution is 5.95. The Hall–Kier alpha value is -2.64. The average molecular weight is 334 g/mol. The molecule has 1 heterocycles. The van der Waals surface area contributed by atoms with E-state index >= 15 is 0 Å². The van der Waals surface area contributed by atoms with Crippen molar-refractivity contribution < 1.29 is 14.5 Å². The van der Waals surface area contributed by atoms with Gasteiger partial charge in [0.25, 0.3) is 11.6 Å². The minimum Gasteiger partial charge on any atom is -0.374 e. The number of nitro groups is 1. The van der Waals surface area contributed by atoms with Crippen LogP contribution in [-0.2, 0) is 4.79 Å². The second-order valence-corrected chi connectivity index (χ2v) is 6.79. The summed E-state index contributed by atoms with van der Waals surface area (Å²) in [6.07, 6.45) is 0.283. The van der Waals surface area contributed by atoms with Crippen LogP contribution >= 0.6 is 0 Å². The van der Waals surface area contributed by atoms with Gasteiger partial charge in [-0.3, -0.25) is 19.7 Å². The van der Waals surface area contributed by atoms with Crippen LogP contribution < -0.4 is 10.6 Å². The molecule has 1 fully saturated rings. The lowest BCUT2D eigenvalue weighted by Gasteiger charge is -2.32. The summed E-state index contributed by atoms with van der Waals surface area (Å²) in [5.41, 5.74) is 0.0511. The van der Waals surface area contributed by atoms with E-state index in [1.807, 2.05) is 20.8 Å². The van der Waals surface area contributed by atoms with Gasteiger partial charge < -0.3 is 15.5 Å². The second-order valence-electron chi connectivity index (χ2n) is 6.79. The molecule has 0 radical (unpaired) electrons. The zero-order chi connectivity index (χ0) is 18.1. The first kappa shape index (κ1) is 17.7. The smallest absolute Gasteiger partial charge is 0.293 e. The number of hydrogen-bond acceptors (Lipinski definition) is 5. The van der Waals surface area contributed by atoms with Crippen molar-refractivity contribution in [3.8, 4) is 0 Å². The Morgan fingerprint density at radius 2 is 2.04 bits per heavy atom. The van der Waals surface area contributed by atoms with Crippen molar-refractivity contribution in [1.29, 1.82) is 0 Å². The molecular weight excluding hydrogens is 312 g/mol. The third-order valence-electron chi connectivity index (χ3n) is 3.98. The Morgan fingerprint density at radius 3 is 2.54 bits per heavy atom. The molecule has 2 rings (SSSR count). The number of hydrogen-bond donors (Lipinski definition) is 2. The standard InChI is InChI=1S/C16H22N4O4/c1-16(2,3)19-9-11(8-14(19)21)18-12-6-5-10(15(22)17-4)7-13(12)20(23)24/h5-7,11,18H,8-9H2,1-4H3,(H,17,22). The normalized spacial score (nSPS) is 17.8. The number of anilines is 1. The molecule has 0 aliphatic carbocycles. The van der Waals surface area contributed by atoms with Crippen LogP contribution in [0, 0.1) is 10.1 Å². The lowest BCUT2D eigenvalue weighted by molar-refractivity contribution is -0.384. The Bertz CT molecular complexity index is 681. The molecule has 2 N–H and O–H groups in total. The van der Waals surface area contributed by atoms with Gasteiger partial charge >= 0.3 is 0 Å². The van der Waals surface area contributed by atoms with Crippen molar-refractivity contribution in [2.75, 3.05) is 18.9 Å². The number of rotatable bonds is 4. The van der Waals surface area contributed by atoms with Gasteiger partial charge in [0, 0.05) is 37.2 Å². The van der Waals surface area contributed by atoms with E-state index in [1.54, 1.807) is 4.90 Å². The molecule has 1 aliphatic rings. The van der Waals surface area contributed by atoms with Gasteiger partial charge in [0.1, 0.15) is 5.69 Å². The minimum atomic E-state index is -0.535. The topological polar surface area (TPSA) is 105 Å². The zero-order valence-electron chi connectivity index (χ0n) is 14.3. The number of benzene rings is 1. The van der Waals surface area contributed by atoms with Gasteiger partial charge in [-0.15, -0.1) is 0 Å². The van der Waals surface area contributed by atoms with E-state index in [-0.39, 0.29) is 41.1 Å². The van der Waals surface area contributed by atoms with Crippen LogP contribution in [0.2, 0.25) is 0 Å². The predicted octanol–water partition coefficient (Wildman–Crippen LogP) is 1.77. The van der Waals surface area contributed by atoms with E-state index in [2.05, 4.69) is 10.6 Å². The van der Waals surface area contributed by atoms with Crippen molar-refractivity contribution in [2.24, 2.45) is 0 Å². The van der Waals surface area contributed by atoms with E-state index in [9.17, 15) is 19.7 Å². The number of amides is 2. The van der Waals surface area contributed by atoms with Crippen molar-refractivity contribution in [1.82, 2.24) is 10.2 Å². The van der Waals surface area contributed by atoms with Crippen LogP contribution in [0.15, 0.2) is 18.2 Å². The Balaban J connectivity index is 2.23. The summed E-state index contributed by atoms with van der Waals surface area (Å²) in [5, 5.41) is 16.8. The van der Waals surface area contributed by atoms with Crippen LogP contribution in [-0.4, -0.2) is 46.8 Å². The number of nitrogens with one attached hydrogen (secondary N) is 2. The fraction of sp³-hybridized carbons (Fsp3) is 0.500. The average Bonchev–Trinajstić information content (AvgIpc) is 2.87. The highest BCUT2D eigenvalue weighted by Gasteiger charge is 2.36. The first-order valence-corrected chi connectivity index (χ1v) is 7.71. The van der Waals surface area contributed by atoms with Crippen LogP contribution in [0.4, 0.5) is 11.4 Å². The molecule has 8 heteroatoms. The molecule has 130 valence electrons. The SMILES string of the molecule is CNC(=O)c1ccc(NC2CC(=O)N(C(C)(C)C)C2)c([N+](=O)[O-])c1. The first-order chi connectivity index (χ1) is 11.1. The summed E-state index contributed by atoms with van der Waals surface area (Å²) in [6.45, 7) is 6.34. The molecule has 1 atom stereocenters. The Labute approximate surface area is 140 Å². The highest BCUT2D eigenvalue weighted by Crippen LogP contribution is 2.29. The summed E-state index contributed by atoms with van der Waals surface area (Å²) < 4.78 is 0. The van der Waals surface area contributed by atoms with Gasteiger partial charge in [-0.25, -0.2) is 0 Å². The van der Waals surface area contributed by atoms with Crippen molar-refractivity contribution >= 4 is 23.2 Å². The van der Waals surface area contributed by atoms with E-state index in [4.69, 9.17) is 0 Å². The fourth-order valence-electron chi connectivity index (χ4n) is 2.76. The maximum atomic E-state index is 12.1. The van der Waals surface area contributed by atoms with Crippen LogP contribution in [0.5, 0.6) is 0 Å². The maximum Gasteiger partial charge on any atom is 0.293 e. The second kappa shape index (κ2) is 6.46. The molecule has 8 nitrogen and oxygen atoms in total. The maximum absolute atomic E-state index is 12.1. The lowest BCUT2D eigenvalue weighted by atomic mass is 10.1. The van der Waals surface area contributed by atoms with E-state index < -0.39 is 4.92 Å². The Morgan fingerprint density at radius 1 is 1.38 bits per heavy atom. The molecular formula is C16H22N4O4. The largest absolute Gasteiger partial charge is 0.374 e. The number of carbonyl (C=O) groups is 2. The van der Waals surface area contributed by atoms with Crippen molar-refractivity contribution in [3.05, 3.63) is 33.9 Å². The predicted molar refractivity (Wildman–Crippen MR) is 90.0 cm³/mol. The molecule has 24 heavy (non-hydrogen) atoms. The van der Waals surface area contributed by atoms with Gasteiger partial charge in [-0.2, -0.15) is 0 Å². The minimum absolute atomic E-state index is 0.0182. The zero-order valence-corrected chi connectivity index (χ0v) is 14.3. The van der Waals surface area contributed by atoms with Gasteiger partial charge in [-0.05, 0) is 32.9 Å². The summed E-state index contributed by atoms with van der Waals surface area (Å²) in [5.74, 6) is -0.371. The summed E-state index contributed by atoms with van der Waals surface area (Å²) in [4.78, 5) is 36.3. The van der Waals surface area contributed by atoms with E-state index in [0.29, 0.717) is 12.2 Å². The highest BCUT2D eigenvalue weighted by atomic mass is 16.6. The first-order valence-electron chi connectivity index (χ1n) is 7.71. The third-order valence-corrected chi connectivity index (χ3v) is 3.98. The molecule has 0 bridgehead atoms. The van der Waals surface area contributed by atoms with Crippen LogP contribution in [0.1, 0.15) is 37.6 Å². The molecule has 1 saturated heterocycles. The summed E-state index contributed by atoms with van der Waals surface area (Å²) >= 11 is 0. The van der Waals surface area contributed by atoms with Crippen LogP contribution in [0.25, 0.3) is 0 Å². The third kappa shape index (κ3) is 3.64. The Kier molecular flexibility index (Phi) is 4.77. The number of nitro benzene ring substituents is 1.